The summed E-state index contributed by atoms with van der Waals surface area (Å²) in [5.41, 5.74) is 0. The highest BCUT2D eigenvalue weighted by molar-refractivity contribution is 5.74. The number of hydrogen-bond acceptors (Lipinski definition) is 6. The van der Waals surface area contributed by atoms with Gasteiger partial charge < -0.3 is 14.7 Å². The third-order valence-corrected chi connectivity index (χ3v) is 5.63. The summed E-state index contributed by atoms with van der Waals surface area (Å²) in [5.74, 6) is 1.66. The summed E-state index contributed by atoms with van der Waals surface area (Å²) < 4.78 is 7.26. The molecule has 0 radical (unpaired) electrons. The number of aromatic nitrogens is 5. The van der Waals surface area contributed by atoms with Gasteiger partial charge in [-0.15, -0.1) is 0 Å². The van der Waals surface area contributed by atoms with E-state index in [1.54, 1.807) is 6.33 Å². The van der Waals surface area contributed by atoms with Gasteiger partial charge >= 0.3 is 6.03 Å². The lowest BCUT2D eigenvalue weighted by atomic mass is 9.89. The first kappa shape index (κ1) is 17.9. The van der Waals surface area contributed by atoms with E-state index in [1.807, 2.05) is 16.5 Å². The number of piperidine rings is 1. The van der Waals surface area contributed by atoms with Crippen LogP contribution in [0.25, 0.3) is 0 Å². The Kier molecular flexibility index (Phi) is 5.35. The van der Waals surface area contributed by atoms with Crippen molar-refractivity contribution >= 4 is 6.03 Å². The minimum Gasteiger partial charge on any atom is -0.337 e. The zero-order valence-electron chi connectivity index (χ0n) is 15.8. The summed E-state index contributed by atoms with van der Waals surface area (Å²) in [7, 11) is 0. The molecule has 9 heteroatoms. The lowest BCUT2D eigenvalue weighted by molar-refractivity contribution is 0.158. The zero-order chi connectivity index (χ0) is 18.6. The molecule has 2 aromatic heterocycles. The van der Waals surface area contributed by atoms with Crippen molar-refractivity contribution in [1.82, 2.24) is 35.1 Å². The van der Waals surface area contributed by atoms with Crippen molar-refractivity contribution in [3.63, 3.8) is 0 Å². The van der Waals surface area contributed by atoms with Crippen LogP contribution in [-0.2, 0) is 0 Å². The third kappa shape index (κ3) is 4.12. The Hall–Kier alpha value is -2.45. The molecule has 27 heavy (non-hydrogen) atoms. The van der Waals surface area contributed by atoms with E-state index in [4.69, 9.17) is 4.52 Å². The van der Waals surface area contributed by atoms with Gasteiger partial charge in [0.1, 0.15) is 18.7 Å². The summed E-state index contributed by atoms with van der Waals surface area (Å²) in [4.78, 5) is 23.1. The molecule has 4 rings (SSSR count). The fourth-order valence-electron chi connectivity index (χ4n) is 4.05. The average molecular weight is 373 g/mol. The van der Waals surface area contributed by atoms with E-state index in [9.17, 15) is 4.79 Å². The predicted molar refractivity (Wildman–Crippen MR) is 96.9 cm³/mol. The van der Waals surface area contributed by atoms with E-state index in [-0.39, 0.29) is 18.1 Å². The van der Waals surface area contributed by atoms with Gasteiger partial charge in [0.15, 0.2) is 5.82 Å². The number of urea groups is 1. The lowest BCUT2D eigenvalue weighted by Gasteiger charge is -2.33. The second kappa shape index (κ2) is 8.06. The molecule has 2 fully saturated rings. The summed E-state index contributed by atoms with van der Waals surface area (Å²) in [6, 6.07) is -0.248. The van der Waals surface area contributed by atoms with E-state index in [2.05, 4.69) is 25.5 Å². The standard InChI is InChI=1S/C18H27N7O2/c1-13(17-22-16(23-27-17)14-6-3-2-4-7-14)21-18(26)24-9-5-8-15(10-24)25-12-19-11-20-25/h11-15H,2-10H2,1H3,(H,21,26). The molecule has 9 nitrogen and oxygen atoms in total. The fourth-order valence-corrected chi connectivity index (χ4v) is 4.05. The molecular formula is C18H27N7O2. The average Bonchev–Trinajstić information content (AvgIpc) is 3.41. The van der Waals surface area contributed by atoms with Crippen molar-refractivity contribution in [3.05, 3.63) is 24.4 Å². The van der Waals surface area contributed by atoms with Crippen molar-refractivity contribution < 1.29 is 9.32 Å². The van der Waals surface area contributed by atoms with Crippen molar-refractivity contribution in [2.24, 2.45) is 0 Å². The first-order valence-corrected chi connectivity index (χ1v) is 9.94. The van der Waals surface area contributed by atoms with E-state index in [1.165, 1.54) is 25.6 Å². The van der Waals surface area contributed by atoms with Crippen molar-refractivity contribution in [2.45, 2.75) is 69.9 Å². The quantitative estimate of drug-likeness (QED) is 0.884. The van der Waals surface area contributed by atoms with E-state index < -0.39 is 0 Å². The van der Waals surface area contributed by atoms with Gasteiger partial charge in [-0.1, -0.05) is 24.4 Å². The Morgan fingerprint density at radius 3 is 2.89 bits per heavy atom. The number of rotatable bonds is 4. The van der Waals surface area contributed by atoms with Gasteiger partial charge in [-0.2, -0.15) is 10.1 Å². The van der Waals surface area contributed by atoms with E-state index in [0.29, 0.717) is 18.4 Å². The Morgan fingerprint density at radius 2 is 2.11 bits per heavy atom. The second-order valence-corrected chi connectivity index (χ2v) is 7.61. The Labute approximate surface area is 158 Å². The number of carbonyl (C=O) groups is 1. The third-order valence-electron chi connectivity index (χ3n) is 5.63. The Morgan fingerprint density at radius 1 is 1.26 bits per heavy atom. The first-order chi connectivity index (χ1) is 13.2. The van der Waals surface area contributed by atoms with Gasteiger partial charge in [-0.05, 0) is 32.6 Å². The molecule has 2 unspecified atom stereocenters. The monoisotopic (exact) mass is 373 g/mol. The molecule has 1 N–H and O–H groups in total. The highest BCUT2D eigenvalue weighted by atomic mass is 16.5. The van der Waals surface area contributed by atoms with Crippen LogP contribution in [0.3, 0.4) is 0 Å². The minimum atomic E-state index is -0.311. The molecular weight excluding hydrogens is 346 g/mol. The maximum Gasteiger partial charge on any atom is 0.318 e. The summed E-state index contributed by atoms with van der Waals surface area (Å²) in [6.07, 6.45) is 11.2. The van der Waals surface area contributed by atoms with Crippen LogP contribution in [0.15, 0.2) is 17.2 Å². The minimum absolute atomic E-state index is 0.107. The molecule has 0 aromatic carbocycles. The summed E-state index contributed by atoms with van der Waals surface area (Å²) >= 11 is 0. The lowest BCUT2D eigenvalue weighted by Crippen LogP contribution is -2.46. The van der Waals surface area contributed by atoms with Crippen LogP contribution in [0.4, 0.5) is 4.79 Å². The van der Waals surface area contributed by atoms with Crippen LogP contribution < -0.4 is 5.32 Å². The topological polar surface area (TPSA) is 102 Å². The van der Waals surface area contributed by atoms with Gasteiger partial charge in [0.05, 0.1) is 6.04 Å². The number of likely N-dealkylation sites (tertiary alicyclic amines) is 1. The van der Waals surface area contributed by atoms with Crippen LogP contribution in [0.5, 0.6) is 0 Å². The molecule has 146 valence electrons. The maximum atomic E-state index is 12.7. The van der Waals surface area contributed by atoms with E-state index >= 15 is 0 Å². The molecule has 0 spiro atoms. The van der Waals surface area contributed by atoms with Crippen molar-refractivity contribution in [2.75, 3.05) is 13.1 Å². The van der Waals surface area contributed by atoms with Crippen LogP contribution in [0, 0.1) is 0 Å². The van der Waals surface area contributed by atoms with Gasteiger partial charge in [-0.25, -0.2) is 14.5 Å². The molecule has 1 saturated carbocycles. The van der Waals surface area contributed by atoms with Crippen molar-refractivity contribution in [1.29, 1.82) is 0 Å². The molecule has 2 atom stereocenters. The van der Waals surface area contributed by atoms with Gasteiger partial charge in [0, 0.05) is 19.0 Å². The highest BCUT2D eigenvalue weighted by Crippen LogP contribution is 2.31. The Bertz CT molecular complexity index is 739. The fraction of sp³-hybridized carbons (Fsp3) is 0.722. The van der Waals surface area contributed by atoms with Crippen molar-refractivity contribution in [3.8, 4) is 0 Å². The molecule has 1 aliphatic carbocycles. The molecule has 3 heterocycles. The molecule has 2 aromatic rings. The number of carbonyl (C=O) groups excluding carboxylic acids is 1. The van der Waals surface area contributed by atoms with Crippen LogP contribution in [-0.4, -0.2) is 48.9 Å². The maximum absolute atomic E-state index is 12.7. The Balaban J connectivity index is 1.34. The predicted octanol–water partition coefficient (Wildman–Crippen LogP) is 2.82. The number of amides is 2. The highest BCUT2D eigenvalue weighted by Gasteiger charge is 2.28. The van der Waals surface area contributed by atoms with Gasteiger partial charge in [0.2, 0.25) is 5.89 Å². The SMILES string of the molecule is CC(NC(=O)N1CCCC(n2cncn2)C1)c1nc(C2CCCCC2)no1. The summed E-state index contributed by atoms with van der Waals surface area (Å²) in [5, 5.41) is 11.4. The number of nitrogens with one attached hydrogen (secondary N) is 1. The van der Waals surface area contributed by atoms with Crippen LogP contribution in [0.1, 0.15) is 81.6 Å². The largest absolute Gasteiger partial charge is 0.337 e. The second-order valence-electron chi connectivity index (χ2n) is 7.61. The number of nitrogens with zero attached hydrogens (tertiary/aromatic N) is 6. The molecule has 1 saturated heterocycles. The summed E-state index contributed by atoms with van der Waals surface area (Å²) in [6.45, 7) is 3.24. The first-order valence-electron chi connectivity index (χ1n) is 9.94. The van der Waals surface area contributed by atoms with Crippen LogP contribution in [0.2, 0.25) is 0 Å². The normalized spacial score (nSPS) is 22.6. The van der Waals surface area contributed by atoms with E-state index in [0.717, 1.165) is 38.1 Å². The number of hydrogen-bond donors (Lipinski definition) is 1. The smallest absolute Gasteiger partial charge is 0.318 e. The molecule has 2 amide bonds. The molecule has 0 bridgehead atoms. The molecule has 2 aliphatic rings. The van der Waals surface area contributed by atoms with Gasteiger partial charge in [-0.3, -0.25) is 0 Å². The molecule has 1 aliphatic heterocycles. The van der Waals surface area contributed by atoms with Crippen LogP contribution >= 0.6 is 0 Å². The van der Waals surface area contributed by atoms with Gasteiger partial charge in [0.25, 0.3) is 0 Å². The zero-order valence-corrected chi connectivity index (χ0v) is 15.8.